The molecule has 1 aliphatic carbocycles. The Kier molecular flexibility index (Phi) is 15.0. The normalized spacial score (nSPS) is 12.0. The lowest BCUT2D eigenvalue weighted by Gasteiger charge is -2.26. The van der Waals surface area contributed by atoms with Gasteiger partial charge in [0.05, 0.1) is 33.1 Å². The number of fused-ring (bicyclic) bond motifs is 18. The van der Waals surface area contributed by atoms with Crippen LogP contribution in [0, 0.1) is 0 Å². The van der Waals surface area contributed by atoms with Crippen LogP contribution in [0.15, 0.2) is 417 Å². The van der Waals surface area contributed by atoms with E-state index in [9.17, 15) is 0 Å². The summed E-state index contributed by atoms with van der Waals surface area (Å²) in [6, 6.07) is 150. The summed E-state index contributed by atoms with van der Waals surface area (Å²) < 4.78 is 11.1. The number of furan rings is 1. The van der Waals surface area contributed by atoms with Crippen LogP contribution in [-0.2, 0) is 6.42 Å². The Labute approximate surface area is 658 Å². The van der Waals surface area contributed by atoms with Gasteiger partial charge in [-0.05, 0) is 229 Å². The van der Waals surface area contributed by atoms with E-state index in [0.717, 1.165) is 73.6 Å². The summed E-state index contributed by atoms with van der Waals surface area (Å²) in [4.78, 5) is 4.70. The van der Waals surface area contributed by atoms with Gasteiger partial charge in [-0.15, -0.1) is 0 Å². The molecule has 5 heterocycles. The first-order chi connectivity index (χ1) is 56.5. The average Bonchev–Trinajstić information content (AvgIpc) is 1.55. The van der Waals surface area contributed by atoms with Crippen molar-refractivity contribution >= 4 is 132 Å². The number of aromatic nitrogens is 2. The van der Waals surface area contributed by atoms with Crippen LogP contribution in [0.2, 0.25) is 0 Å². The molecule has 5 heteroatoms. The van der Waals surface area contributed by atoms with E-state index in [1.54, 1.807) is 0 Å². The molecule has 0 fully saturated rings. The van der Waals surface area contributed by atoms with Gasteiger partial charge in [0.1, 0.15) is 11.2 Å². The molecule has 23 aromatic rings. The third-order valence-electron chi connectivity index (χ3n) is 23.9. The van der Waals surface area contributed by atoms with E-state index in [2.05, 4.69) is 419 Å². The van der Waals surface area contributed by atoms with Gasteiger partial charge in [-0.25, -0.2) is 0 Å². The molecule has 5 aromatic heterocycles. The summed E-state index contributed by atoms with van der Waals surface area (Å²) in [6.07, 6.45) is 1.01. The highest BCUT2D eigenvalue weighted by Gasteiger charge is 2.24. The predicted octanol–water partition coefficient (Wildman–Crippen LogP) is 30.1. The first-order valence-electron chi connectivity index (χ1n) is 39.3. The topological polar surface area (TPSA) is 28.4 Å². The second kappa shape index (κ2) is 26.3. The lowest BCUT2D eigenvalue weighted by Crippen LogP contribution is -2.09. The van der Waals surface area contributed by atoms with Crippen LogP contribution in [0.5, 0.6) is 0 Å². The van der Waals surface area contributed by atoms with Gasteiger partial charge in [0, 0.05) is 88.0 Å². The van der Waals surface area contributed by atoms with E-state index in [0.29, 0.717) is 0 Å². The first kappa shape index (κ1) is 64.9. The fourth-order valence-electron chi connectivity index (χ4n) is 18.4. The zero-order valence-electron chi connectivity index (χ0n) is 62.2. The SMILES string of the molecule is c1ccc(-c2ccc(N(c3ccc(-c4ccc5c(c4)-c4ccccc4C5)cc3)c3ccc(-c4ccc5c(c4)c4cccc6c7ccccc7n5c64)cc3)cc2)cc1.c1ccc(-c2ccc(N(c3ccc(-c4ccc5c(c4)oc4ccccc45)cc3)c3ccc(-c4ccc5c(c4)c4cccc6c7ccccc7n5c64)cc3)cc2)cc1. The Hall–Kier alpha value is -15.0. The number of hydrogen-bond acceptors (Lipinski definition) is 3. The standard InChI is InChI=1S/C55H36N2.C54H34N2O/c1-2-9-36(10-3-1)37-19-26-44(27-20-37)56(45-28-21-38(22-29-45)40-17-18-43-33-42-11-4-5-12-47(42)51(43)34-40)46-30-23-39(24-31-46)41-25-32-54-52(35-41)50-15-8-14-49-48-13-6-7-16-53(48)57(54)55(49)50;1-2-9-35(10-3-1)36-17-25-41(26-18-36)55(43-29-21-38(22-30-43)40-23-31-46-45-12-5-7-16-52(45)57-53(46)34-40)42-27-19-37(20-28-42)39-24-32-51-49(33-39)48-14-8-13-47-44-11-4-6-15-50(44)56(51)54(47)48/h1-32,34-35H,33H2;1-34H. The number of nitrogens with zero attached hydrogens (tertiary/aromatic N) is 4. The van der Waals surface area contributed by atoms with Crippen molar-refractivity contribution in [2.75, 3.05) is 9.80 Å². The minimum absolute atomic E-state index is 0.904. The van der Waals surface area contributed by atoms with Gasteiger partial charge in [-0.1, -0.05) is 279 Å². The molecule has 5 nitrogen and oxygen atoms in total. The van der Waals surface area contributed by atoms with Gasteiger partial charge >= 0.3 is 0 Å². The lowest BCUT2D eigenvalue weighted by atomic mass is 9.98. The molecule has 1 aliphatic rings. The van der Waals surface area contributed by atoms with Crippen LogP contribution in [0.4, 0.5) is 34.1 Å². The molecule has 0 unspecified atom stereocenters. The van der Waals surface area contributed by atoms with Gasteiger partial charge in [0.25, 0.3) is 0 Å². The van der Waals surface area contributed by atoms with Gasteiger partial charge in [-0.2, -0.15) is 0 Å². The summed E-state index contributed by atoms with van der Waals surface area (Å²) >= 11 is 0. The molecule has 0 radical (unpaired) electrons. The Morgan fingerprint density at radius 3 is 0.956 bits per heavy atom. The van der Waals surface area contributed by atoms with Crippen molar-refractivity contribution in [3.05, 3.63) is 424 Å². The third kappa shape index (κ3) is 10.7. The van der Waals surface area contributed by atoms with Gasteiger partial charge < -0.3 is 23.0 Å². The van der Waals surface area contributed by atoms with Crippen molar-refractivity contribution in [3.8, 4) is 77.9 Å². The van der Waals surface area contributed by atoms with E-state index in [-0.39, 0.29) is 0 Å². The van der Waals surface area contributed by atoms with Crippen molar-refractivity contribution in [3.63, 3.8) is 0 Å². The Morgan fingerprint density at radius 1 is 0.184 bits per heavy atom. The van der Waals surface area contributed by atoms with Crippen LogP contribution in [0.25, 0.3) is 176 Å². The third-order valence-corrected chi connectivity index (χ3v) is 23.9. The fourth-order valence-corrected chi connectivity index (χ4v) is 18.4. The maximum atomic E-state index is 6.23. The zero-order chi connectivity index (χ0) is 74.9. The van der Waals surface area contributed by atoms with Crippen molar-refractivity contribution in [1.82, 2.24) is 8.80 Å². The van der Waals surface area contributed by atoms with Crippen molar-refractivity contribution in [2.24, 2.45) is 0 Å². The van der Waals surface area contributed by atoms with Crippen molar-refractivity contribution < 1.29 is 4.42 Å². The Morgan fingerprint density at radius 2 is 0.491 bits per heavy atom. The fraction of sp³-hybridized carbons (Fsp3) is 0.00917. The average molecular weight is 1450 g/mol. The van der Waals surface area contributed by atoms with Gasteiger partial charge in [0.2, 0.25) is 0 Å². The van der Waals surface area contributed by atoms with Crippen LogP contribution in [0.3, 0.4) is 0 Å². The molecule has 0 spiro atoms. The molecule has 0 N–H and O–H groups in total. The molecule has 24 rings (SSSR count). The number of para-hydroxylation sites is 5. The molecule has 0 amide bonds. The number of benzene rings is 18. The molecule has 0 bridgehead atoms. The lowest BCUT2D eigenvalue weighted by molar-refractivity contribution is 0.669. The van der Waals surface area contributed by atoms with Gasteiger partial charge in [-0.3, -0.25) is 0 Å². The molecule has 0 atom stereocenters. The van der Waals surface area contributed by atoms with Gasteiger partial charge in [0.15, 0.2) is 0 Å². The van der Waals surface area contributed by atoms with E-state index in [1.165, 1.54) is 154 Å². The van der Waals surface area contributed by atoms with Crippen LogP contribution < -0.4 is 9.80 Å². The number of anilines is 6. The van der Waals surface area contributed by atoms with Crippen LogP contribution >= 0.6 is 0 Å². The van der Waals surface area contributed by atoms with E-state index < -0.39 is 0 Å². The second-order valence-electron chi connectivity index (χ2n) is 30.3. The minimum atomic E-state index is 0.904. The van der Waals surface area contributed by atoms with Crippen LogP contribution in [-0.4, -0.2) is 8.80 Å². The highest BCUT2D eigenvalue weighted by atomic mass is 16.3. The van der Waals surface area contributed by atoms with Crippen molar-refractivity contribution in [2.45, 2.75) is 6.42 Å². The summed E-state index contributed by atoms with van der Waals surface area (Å²) in [5.41, 5.74) is 36.0. The largest absolute Gasteiger partial charge is 0.456 e. The maximum absolute atomic E-state index is 6.23. The molecule has 0 saturated heterocycles. The van der Waals surface area contributed by atoms with E-state index >= 15 is 0 Å². The summed E-state index contributed by atoms with van der Waals surface area (Å²) in [7, 11) is 0. The zero-order valence-corrected chi connectivity index (χ0v) is 62.2. The van der Waals surface area contributed by atoms with Crippen LogP contribution in [0.1, 0.15) is 11.1 Å². The highest BCUT2D eigenvalue weighted by molar-refractivity contribution is 6.25. The first-order valence-corrected chi connectivity index (χ1v) is 39.3. The maximum Gasteiger partial charge on any atom is 0.136 e. The number of hydrogen-bond donors (Lipinski definition) is 0. The van der Waals surface area contributed by atoms with Crippen molar-refractivity contribution in [1.29, 1.82) is 0 Å². The monoisotopic (exact) mass is 1450 g/mol. The molecular weight excluding hydrogens is 1380 g/mol. The molecular formula is C109H70N4O. The smallest absolute Gasteiger partial charge is 0.136 e. The Balaban J connectivity index is 0.000000135. The molecule has 114 heavy (non-hydrogen) atoms. The molecule has 0 saturated carbocycles. The summed E-state index contributed by atoms with van der Waals surface area (Å²) in [5.74, 6) is 0. The van der Waals surface area contributed by atoms with E-state index in [1.807, 2.05) is 12.1 Å². The van der Waals surface area contributed by atoms with E-state index in [4.69, 9.17) is 4.42 Å². The molecule has 0 aliphatic heterocycles. The number of rotatable bonds is 12. The quantitative estimate of drug-likeness (QED) is 0.122. The second-order valence-corrected chi connectivity index (χ2v) is 30.3. The summed E-state index contributed by atoms with van der Waals surface area (Å²) in [6.45, 7) is 0. The summed E-state index contributed by atoms with van der Waals surface area (Å²) in [5, 5.41) is 12.7. The Bertz CT molecular complexity index is 7630. The molecule has 18 aromatic carbocycles. The molecule has 532 valence electrons. The minimum Gasteiger partial charge on any atom is -0.456 e. The highest BCUT2D eigenvalue weighted by Crippen LogP contribution is 2.47. The predicted molar refractivity (Wildman–Crippen MR) is 480 cm³/mol.